The molecule has 3 nitrogen and oxygen atoms in total. The van der Waals surface area contributed by atoms with E-state index in [0.717, 1.165) is 39.0 Å². The number of halogens is 3. The summed E-state index contributed by atoms with van der Waals surface area (Å²) in [6.07, 6.45) is 0.445. The van der Waals surface area contributed by atoms with Crippen LogP contribution in [0.1, 0.15) is 35.4 Å². The van der Waals surface area contributed by atoms with Gasteiger partial charge < -0.3 is 4.74 Å². The van der Waals surface area contributed by atoms with Crippen LogP contribution in [0.5, 0.6) is 5.75 Å². The van der Waals surface area contributed by atoms with E-state index in [1.807, 2.05) is 59.6 Å². The Labute approximate surface area is 181 Å². The molecule has 2 atom stereocenters. The van der Waals surface area contributed by atoms with E-state index in [9.17, 15) is 0 Å². The summed E-state index contributed by atoms with van der Waals surface area (Å²) in [7, 11) is 0. The average Bonchev–Trinajstić information content (AvgIpc) is 3.14. The van der Waals surface area contributed by atoms with E-state index in [0.29, 0.717) is 10.0 Å². The second kappa shape index (κ2) is 7.11. The lowest BCUT2D eigenvalue weighted by Gasteiger charge is -2.38. The largest absolute Gasteiger partial charge is 0.464 e. The fourth-order valence-electron chi connectivity index (χ4n) is 3.76. The standard InChI is InChI=1S/C22H15BrCl2N2O/c23-15-6-4-13(5-7-15)19-12-20-18-11-17(25)8-9-21(18)28-22(27(20)26-19)14-2-1-3-16(24)10-14/h1-11,20,22H,12H2/t20-,22-/m1/s1. The SMILES string of the molecule is Clc1cccc([C@H]2Oc3ccc(Cl)cc3[C@H]3CC(c4ccc(Br)cc4)=NN32)c1. The van der Waals surface area contributed by atoms with Crippen LogP contribution in [0.2, 0.25) is 10.0 Å². The second-order valence-corrected chi connectivity index (χ2v) is 8.65. The minimum absolute atomic E-state index is 0.0603. The van der Waals surface area contributed by atoms with Crippen molar-refractivity contribution in [1.82, 2.24) is 5.01 Å². The third-order valence-corrected chi connectivity index (χ3v) is 6.06. The smallest absolute Gasteiger partial charge is 0.213 e. The van der Waals surface area contributed by atoms with E-state index in [2.05, 4.69) is 28.1 Å². The molecule has 6 heteroatoms. The summed E-state index contributed by atoms with van der Waals surface area (Å²) >= 11 is 16.0. The van der Waals surface area contributed by atoms with Gasteiger partial charge in [0, 0.05) is 32.1 Å². The molecule has 0 fully saturated rings. The molecule has 0 N–H and O–H groups in total. The van der Waals surface area contributed by atoms with Crippen LogP contribution in [0.15, 0.2) is 76.3 Å². The molecule has 3 aromatic carbocycles. The lowest BCUT2D eigenvalue weighted by atomic mass is 9.96. The molecule has 0 aromatic heterocycles. The van der Waals surface area contributed by atoms with Crippen molar-refractivity contribution in [2.45, 2.75) is 18.7 Å². The normalized spacial score (nSPS) is 20.2. The monoisotopic (exact) mass is 472 g/mol. The quantitative estimate of drug-likeness (QED) is 0.400. The maximum absolute atomic E-state index is 6.34. The molecule has 5 rings (SSSR count). The molecule has 0 radical (unpaired) electrons. The Morgan fingerprint density at radius 3 is 2.54 bits per heavy atom. The molecule has 0 bridgehead atoms. The maximum Gasteiger partial charge on any atom is 0.213 e. The molecule has 2 heterocycles. The molecule has 140 valence electrons. The van der Waals surface area contributed by atoms with Gasteiger partial charge in [0.1, 0.15) is 5.75 Å². The first-order valence-corrected chi connectivity index (χ1v) is 10.5. The van der Waals surface area contributed by atoms with E-state index in [1.54, 1.807) is 0 Å². The summed E-state index contributed by atoms with van der Waals surface area (Å²) in [6, 6.07) is 21.8. The van der Waals surface area contributed by atoms with Gasteiger partial charge >= 0.3 is 0 Å². The predicted molar refractivity (Wildman–Crippen MR) is 116 cm³/mol. The molecule has 2 aliphatic heterocycles. The van der Waals surface area contributed by atoms with Crippen molar-refractivity contribution in [2.75, 3.05) is 0 Å². The minimum atomic E-state index is -0.342. The molecule has 0 amide bonds. The third kappa shape index (κ3) is 3.20. The topological polar surface area (TPSA) is 24.8 Å². The van der Waals surface area contributed by atoms with Gasteiger partial charge in [0.05, 0.1) is 11.8 Å². The lowest BCUT2D eigenvalue weighted by molar-refractivity contribution is -0.0190. The molecule has 0 spiro atoms. The highest BCUT2D eigenvalue weighted by Gasteiger charge is 2.41. The number of nitrogens with zero attached hydrogens (tertiary/aromatic N) is 2. The Morgan fingerprint density at radius 1 is 0.964 bits per heavy atom. The van der Waals surface area contributed by atoms with Crippen LogP contribution in [0.3, 0.4) is 0 Å². The first-order valence-electron chi connectivity index (χ1n) is 8.92. The Hall–Kier alpha value is -2.01. The van der Waals surface area contributed by atoms with Crippen molar-refractivity contribution in [2.24, 2.45) is 5.10 Å². The number of hydrogen-bond donors (Lipinski definition) is 0. The van der Waals surface area contributed by atoms with Gasteiger partial charge in [-0.1, -0.05) is 63.4 Å². The highest BCUT2D eigenvalue weighted by atomic mass is 79.9. The number of rotatable bonds is 2. The zero-order chi connectivity index (χ0) is 19.3. The number of benzene rings is 3. The average molecular weight is 474 g/mol. The van der Waals surface area contributed by atoms with Crippen molar-refractivity contribution >= 4 is 44.8 Å². The summed E-state index contributed by atoms with van der Waals surface area (Å²) < 4.78 is 7.39. The molecule has 0 saturated carbocycles. The van der Waals surface area contributed by atoms with Crippen LogP contribution in [-0.4, -0.2) is 10.7 Å². The van der Waals surface area contributed by atoms with Gasteiger partial charge in [-0.15, -0.1) is 0 Å². The van der Waals surface area contributed by atoms with Crippen LogP contribution in [0, 0.1) is 0 Å². The molecule has 0 aliphatic carbocycles. The van der Waals surface area contributed by atoms with Gasteiger partial charge in [0.25, 0.3) is 0 Å². The summed E-state index contributed by atoms with van der Waals surface area (Å²) in [6.45, 7) is 0. The van der Waals surface area contributed by atoms with Crippen molar-refractivity contribution in [3.8, 4) is 5.75 Å². The Morgan fingerprint density at radius 2 is 1.75 bits per heavy atom. The van der Waals surface area contributed by atoms with Gasteiger partial charge in [-0.3, -0.25) is 0 Å². The number of ether oxygens (including phenoxy) is 1. The first-order chi connectivity index (χ1) is 13.6. The van der Waals surface area contributed by atoms with E-state index >= 15 is 0 Å². The first kappa shape index (κ1) is 18.0. The number of fused-ring (bicyclic) bond motifs is 3. The minimum Gasteiger partial charge on any atom is -0.464 e. The molecular weight excluding hydrogens is 459 g/mol. The van der Waals surface area contributed by atoms with Crippen molar-refractivity contribution in [1.29, 1.82) is 0 Å². The van der Waals surface area contributed by atoms with Crippen LogP contribution in [0.25, 0.3) is 0 Å². The fourth-order valence-corrected chi connectivity index (χ4v) is 4.40. The molecule has 28 heavy (non-hydrogen) atoms. The highest BCUT2D eigenvalue weighted by molar-refractivity contribution is 9.10. The Bertz CT molecular complexity index is 1080. The van der Waals surface area contributed by atoms with Gasteiger partial charge in [0.15, 0.2) is 0 Å². The van der Waals surface area contributed by atoms with E-state index in [4.69, 9.17) is 33.0 Å². The molecule has 0 unspecified atom stereocenters. The molecule has 2 aliphatic rings. The zero-order valence-electron chi connectivity index (χ0n) is 14.6. The van der Waals surface area contributed by atoms with Crippen LogP contribution < -0.4 is 4.74 Å². The fraction of sp³-hybridized carbons (Fsp3) is 0.136. The van der Waals surface area contributed by atoms with Crippen LogP contribution in [-0.2, 0) is 0 Å². The summed E-state index contributed by atoms with van der Waals surface area (Å²) in [5.41, 5.74) is 4.16. The van der Waals surface area contributed by atoms with Gasteiger partial charge in [-0.25, -0.2) is 5.01 Å². The predicted octanol–water partition coefficient (Wildman–Crippen LogP) is 7.00. The lowest BCUT2D eigenvalue weighted by Crippen LogP contribution is -2.33. The molecule has 0 saturated heterocycles. The summed E-state index contributed by atoms with van der Waals surface area (Å²) in [4.78, 5) is 0. The summed E-state index contributed by atoms with van der Waals surface area (Å²) in [5, 5.41) is 8.35. The molecular formula is C22H15BrCl2N2O. The van der Waals surface area contributed by atoms with Gasteiger partial charge in [-0.05, 0) is 48.0 Å². The van der Waals surface area contributed by atoms with Gasteiger partial charge in [0.2, 0.25) is 6.23 Å². The Balaban J connectivity index is 1.61. The maximum atomic E-state index is 6.34. The van der Waals surface area contributed by atoms with E-state index < -0.39 is 0 Å². The van der Waals surface area contributed by atoms with Crippen LogP contribution >= 0.6 is 39.1 Å². The van der Waals surface area contributed by atoms with E-state index in [-0.39, 0.29) is 12.3 Å². The third-order valence-electron chi connectivity index (χ3n) is 5.06. The Kier molecular flexibility index (Phi) is 4.58. The van der Waals surface area contributed by atoms with Crippen molar-refractivity contribution in [3.05, 3.63) is 97.9 Å². The summed E-state index contributed by atoms with van der Waals surface area (Å²) in [5.74, 6) is 0.836. The van der Waals surface area contributed by atoms with Crippen molar-refractivity contribution in [3.63, 3.8) is 0 Å². The van der Waals surface area contributed by atoms with Crippen LogP contribution in [0.4, 0.5) is 0 Å². The van der Waals surface area contributed by atoms with E-state index in [1.165, 1.54) is 0 Å². The number of hydrogen-bond acceptors (Lipinski definition) is 3. The van der Waals surface area contributed by atoms with Gasteiger partial charge in [-0.2, -0.15) is 5.10 Å². The molecule has 3 aromatic rings. The highest BCUT2D eigenvalue weighted by Crippen LogP contribution is 2.48. The second-order valence-electron chi connectivity index (χ2n) is 6.86. The zero-order valence-corrected chi connectivity index (χ0v) is 17.7. The van der Waals surface area contributed by atoms with Crippen molar-refractivity contribution < 1.29 is 4.74 Å². The number of hydrazone groups is 1.